The van der Waals surface area contributed by atoms with Gasteiger partial charge in [0.1, 0.15) is 19.3 Å². The van der Waals surface area contributed by atoms with Gasteiger partial charge in [-0.3, -0.25) is 9.59 Å². The molecule has 1 aliphatic heterocycles. The number of ether oxygens (including phenoxy) is 3. The molecule has 0 saturated heterocycles. The van der Waals surface area contributed by atoms with Crippen LogP contribution in [-0.2, 0) is 9.53 Å². The molecule has 9 heteroatoms. The SMILES string of the molecule is COCC(N)C(=O)Nc1cc2c(cc1NC(=O)c1cccs1)OCCO2. The van der Waals surface area contributed by atoms with E-state index < -0.39 is 11.9 Å². The molecule has 1 aromatic carbocycles. The summed E-state index contributed by atoms with van der Waals surface area (Å²) in [5.41, 5.74) is 6.53. The summed E-state index contributed by atoms with van der Waals surface area (Å²) in [6, 6.07) is 5.89. The fourth-order valence-electron chi connectivity index (χ4n) is 2.37. The summed E-state index contributed by atoms with van der Waals surface area (Å²) >= 11 is 1.32. The first kappa shape index (κ1) is 18.2. The van der Waals surface area contributed by atoms with E-state index >= 15 is 0 Å². The van der Waals surface area contributed by atoms with Gasteiger partial charge >= 0.3 is 0 Å². The number of methoxy groups -OCH3 is 1. The monoisotopic (exact) mass is 377 g/mol. The Balaban J connectivity index is 1.87. The summed E-state index contributed by atoms with van der Waals surface area (Å²) in [6.07, 6.45) is 0. The van der Waals surface area contributed by atoms with E-state index in [1.165, 1.54) is 18.4 Å². The minimum atomic E-state index is -0.839. The number of nitrogens with two attached hydrogens (primary N) is 1. The zero-order chi connectivity index (χ0) is 18.5. The fourth-order valence-corrected chi connectivity index (χ4v) is 2.99. The Morgan fingerprint density at radius 2 is 1.88 bits per heavy atom. The quantitative estimate of drug-likeness (QED) is 0.706. The van der Waals surface area contributed by atoms with Crippen molar-refractivity contribution < 1.29 is 23.8 Å². The normalized spacial score (nSPS) is 13.8. The molecule has 0 saturated carbocycles. The zero-order valence-electron chi connectivity index (χ0n) is 14.1. The van der Waals surface area contributed by atoms with Crippen LogP contribution >= 0.6 is 11.3 Å². The van der Waals surface area contributed by atoms with Gasteiger partial charge < -0.3 is 30.6 Å². The third-order valence-corrected chi connectivity index (χ3v) is 4.49. The molecule has 1 aromatic heterocycles. The van der Waals surface area contributed by atoms with Crippen molar-refractivity contribution in [2.75, 3.05) is 37.6 Å². The molecule has 0 spiro atoms. The zero-order valence-corrected chi connectivity index (χ0v) is 14.9. The van der Waals surface area contributed by atoms with Crippen molar-refractivity contribution in [2.45, 2.75) is 6.04 Å². The second-order valence-corrected chi connectivity index (χ2v) is 6.47. The Morgan fingerprint density at radius 1 is 1.23 bits per heavy atom. The Labute approximate surface area is 154 Å². The summed E-state index contributed by atoms with van der Waals surface area (Å²) in [7, 11) is 1.46. The molecule has 1 atom stereocenters. The highest BCUT2D eigenvalue weighted by Crippen LogP contribution is 2.38. The minimum absolute atomic E-state index is 0.0767. The number of anilines is 2. The van der Waals surface area contributed by atoms with Gasteiger partial charge in [0.15, 0.2) is 11.5 Å². The summed E-state index contributed by atoms with van der Waals surface area (Å²) in [5.74, 6) is 0.265. The average Bonchev–Trinajstić information content (AvgIpc) is 3.17. The predicted molar refractivity (Wildman–Crippen MR) is 98.2 cm³/mol. The van der Waals surface area contributed by atoms with Gasteiger partial charge in [-0.15, -0.1) is 11.3 Å². The van der Waals surface area contributed by atoms with Crippen molar-refractivity contribution in [3.05, 3.63) is 34.5 Å². The van der Waals surface area contributed by atoms with Crippen LogP contribution in [0.3, 0.4) is 0 Å². The summed E-state index contributed by atoms with van der Waals surface area (Å²) in [4.78, 5) is 25.2. The molecule has 2 aromatic rings. The van der Waals surface area contributed by atoms with Crippen LogP contribution in [-0.4, -0.2) is 44.8 Å². The number of amides is 2. The number of thiophene rings is 1. The molecular weight excluding hydrogens is 358 g/mol. The van der Waals surface area contributed by atoms with Crippen LogP contribution < -0.4 is 25.8 Å². The van der Waals surface area contributed by atoms with E-state index in [0.29, 0.717) is 41.0 Å². The van der Waals surface area contributed by atoms with Crippen LogP contribution in [0.5, 0.6) is 11.5 Å². The highest BCUT2D eigenvalue weighted by Gasteiger charge is 2.21. The van der Waals surface area contributed by atoms with Crippen molar-refractivity contribution >= 4 is 34.5 Å². The molecule has 2 amide bonds. The maximum absolute atomic E-state index is 12.4. The van der Waals surface area contributed by atoms with Crippen LogP contribution in [0.1, 0.15) is 9.67 Å². The lowest BCUT2D eigenvalue weighted by atomic mass is 10.2. The molecule has 1 unspecified atom stereocenters. The second-order valence-electron chi connectivity index (χ2n) is 5.52. The first-order chi connectivity index (χ1) is 12.6. The Bertz CT molecular complexity index is 794. The largest absolute Gasteiger partial charge is 0.486 e. The van der Waals surface area contributed by atoms with Crippen molar-refractivity contribution in [3.8, 4) is 11.5 Å². The molecule has 8 nitrogen and oxygen atoms in total. The Hall–Kier alpha value is -2.62. The van der Waals surface area contributed by atoms with Gasteiger partial charge in [-0.25, -0.2) is 0 Å². The highest BCUT2D eigenvalue weighted by atomic mass is 32.1. The maximum atomic E-state index is 12.4. The molecule has 0 radical (unpaired) electrons. The number of benzene rings is 1. The maximum Gasteiger partial charge on any atom is 0.265 e. The summed E-state index contributed by atoms with van der Waals surface area (Å²) in [5, 5.41) is 7.30. The third kappa shape index (κ3) is 4.13. The molecular formula is C17H19N3O5S. The molecule has 26 heavy (non-hydrogen) atoms. The van der Waals surface area contributed by atoms with Gasteiger partial charge in [0, 0.05) is 19.2 Å². The van der Waals surface area contributed by atoms with E-state index in [4.69, 9.17) is 19.9 Å². The van der Waals surface area contributed by atoms with E-state index in [1.807, 2.05) is 5.38 Å². The van der Waals surface area contributed by atoms with Crippen LogP contribution in [0.25, 0.3) is 0 Å². The van der Waals surface area contributed by atoms with E-state index in [9.17, 15) is 9.59 Å². The van der Waals surface area contributed by atoms with Gasteiger partial charge in [0.05, 0.1) is 22.9 Å². The molecule has 4 N–H and O–H groups in total. The number of nitrogens with one attached hydrogen (secondary N) is 2. The van der Waals surface area contributed by atoms with E-state index in [1.54, 1.807) is 24.3 Å². The van der Waals surface area contributed by atoms with Crippen LogP contribution in [0.4, 0.5) is 11.4 Å². The van der Waals surface area contributed by atoms with Gasteiger partial charge in [0.2, 0.25) is 5.91 Å². The Kier molecular flexibility index (Phi) is 5.71. The molecule has 3 rings (SSSR count). The van der Waals surface area contributed by atoms with E-state index in [0.717, 1.165) is 0 Å². The number of fused-ring (bicyclic) bond motifs is 1. The fraction of sp³-hybridized carbons (Fsp3) is 0.294. The molecule has 0 aliphatic carbocycles. The summed E-state index contributed by atoms with van der Waals surface area (Å²) in [6.45, 7) is 0.896. The first-order valence-corrected chi connectivity index (χ1v) is 8.80. The third-order valence-electron chi connectivity index (χ3n) is 3.62. The van der Waals surface area contributed by atoms with Gasteiger partial charge in [-0.2, -0.15) is 0 Å². The van der Waals surface area contributed by atoms with Crippen LogP contribution in [0.15, 0.2) is 29.6 Å². The van der Waals surface area contributed by atoms with Crippen molar-refractivity contribution in [1.29, 1.82) is 0 Å². The van der Waals surface area contributed by atoms with E-state index in [-0.39, 0.29) is 12.5 Å². The molecule has 0 bridgehead atoms. The number of rotatable bonds is 6. The molecule has 0 fully saturated rings. The minimum Gasteiger partial charge on any atom is -0.486 e. The lowest BCUT2D eigenvalue weighted by Gasteiger charge is -2.22. The van der Waals surface area contributed by atoms with Gasteiger partial charge in [-0.05, 0) is 11.4 Å². The van der Waals surface area contributed by atoms with Crippen molar-refractivity contribution in [2.24, 2.45) is 5.73 Å². The van der Waals surface area contributed by atoms with Crippen molar-refractivity contribution in [1.82, 2.24) is 0 Å². The number of carbonyl (C=O) groups excluding carboxylic acids is 2. The van der Waals surface area contributed by atoms with Crippen molar-refractivity contribution in [3.63, 3.8) is 0 Å². The molecule has 2 heterocycles. The van der Waals surface area contributed by atoms with Crippen LogP contribution in [0, 0.1) is 0 Å². The lowest BCUT2D eigenvalue weighted by molar-refractivity contribution is -0.118. The first-order valence-electron chi connectivity index (χ1n) is 7.92. The van der Waals surface area contributed by atoms with Gasteiger partial charge in [-0.1, -0.05) is 6.07 Å². The predicted octanol–water partition coefficient (Wildman–Crippen LogP) is 1.68. The highest BCUT2D eigenvalue weighted by molar-refractivity contribution is 7.12. The lowest BCUT2D eigenvalue weighted by Crippen LogP contribution is -2.39. The summed E-state index contributed by atoms with van der Waals surface area (Å²) < 4.78 is 16.0. The number of hydrogen-bond acceptors (Lipinski definition) is 7. The smallest absolute Gasteiger partial charge is 0.265 e. The molecule has 1 aliphatic rings. The topological polar surface area (TPSA) is 112 Å². The van der Waals surface area contributed by atoms with E-state index in [2.05, 4.69) is 10.6 Å². The average molecular weight is 377 g/mol. The van der Waals surface area contributed by atoms with Crippen LogP contribution in [0.2, 0.25) is 0 Å². The number of carbonyl (C=O) groups is 2. The second kappa shape index (κ2) is 8.17. The standard InChI is InChI=1S/C17H19N3O5S/c1-23-9-10(18)16(21)19-11-7-13-14(25-5-4-24-13)8-12(11)20-17(22)15-3-2-6-26-15/h2-3,6-8,10H,4-5,9,18H2,1H3,(H,19,21)(H,20,22). The number of hydrogen-bond donors (Lipinski definition) is 3. The molecule has 138 valence electrons. The van der Waals surface area contributed by atoms with Gasteiger partial charge in [0.25, 0.3) is 5.91 Å². The Morgan fingerprint density at radius 3 is 2.46 bits per heavy atom.